The molecule has 1 heterocycles. The lowest BCUT2D eigenvalue weighted by Crippen LogP contribution is -2.23. The van der Waals surface area contributed by atoms with Gasteiger partial charge in [0.25, 0.3) is 5.56 Å². The average Bonchev–Trinajstić information content (AvgIpc) is 2.08. The Kier molecular flexibility index (Phi) is 3.46. The summed E-state index contributed by atoms with van der Waals surface area (Å²) in [5, 5.41) is 0. The molecule has 0 aromatic carbocycles. The largest absolute Gasteiger partial charge is 0.355 e. The van der Waals surface area contributed by atoms with E-state index in [-0.39, 0.29) is 5.56 Å². The number of likely N-dealkylation sites (N-methyl/N-ethyl adjacent to an activating group) is 1. The van der Waals surface area contributed by atoms with Gasteiger partial charge in [-0.2, -0.15) is 0 Å². The molecule has 0 bridgehead atoms. The Hall–Kier alpha value is -1.10. The van der Waals surface area contributed by atoms with E-state index < -0.39 is 0 Å². The zero-order valence-corrected chi connectivity index (χ0v) is 9.76. The van der Waals surface area contributed by atoms with Crippen LogP contribution in [0.5, 0.6) is 0 Å². The summed E-state index contributed by atoms with van der Waals surface area (Å²) in [5.74, 6) is 0.622. The van der Waals surface area contributed by atoms with E-state index in [9.17, 15) is 4.79 Å². The minimum atomic E-state index is -0.177. The number of rotatable bonds is 3. The second-order valence-corrected chi connectivity index (χ2v) is 3.98. The number of hydrogen-bond acceptors (Lipinski definition) is 3. The molecular formula is C9H12BrN3O. The van der Waals surface area contributed by atoms with Gasteiger partial charge in [0, 0.05) is 13.6 Å². The molecule has 1 aromatic heterocycles. The third kappa shape index (κ3) is 2.45. The zero-order chi connectivity index (χ0) is 10.7. The normalized spacial score (nSPS) is 9.93. The molecule has 0 aliphatic heterocycles. The van der Waals surface area contributed by atoms with Crippen LogP contribution in [0.2, 0.25) is 0 Å². The van der Waals surface area contributed by atoms with Gasteiger partial charge >= 0.3 is 0 Å². The molecule has 0 saturated heterocycles. The van der Waals surface area contributed by atoms with Gasteiger partial charge in [-0.15, -0.1) is 0 Å². The lowest BCUT2D eigenvalue weighted by atomic mass is 10.3. The van der Waals surface area contributed by atoms with E-state index in [4.69, 9.17) is 0 Å². The number of nitrogens with zero attached hydrogens (tertiary/aromatic N) is 2. The van der Waals surface area contributed by atoms with Crippen molar-refractivity contribution >= 4 is 21.7 Å². The van der Waals surface area contributed by atoms with Gasteiger partial charge in [-0.3, -0.25) is 4.79 Å². The third-order valence-corrected chi connectivity index (χ3v) is 2.36. The van der Waals surface area contributed by atoms with Gasteiger partial charge in [-0.25, -0.2) is 4.98 Å². The van der Waals surface area contributed by atoms with Crippen molar-refractivity contribution < 1.29 is 0 Å². The summed E-state index contributed by atoms with van der Waals surface area (Å²) < 4.78 is 0.448. The van der Waals surface area contributed by atoms with E-state index >= 15 is 0 Å². The van der Waals surface area contributed by atoms with Crippen LogP contribution in [0.4, 0.5) is 5.82 Å². The van der Waals surface area contributed by atoms with Crippen molar-refractivity contribution in [2.24, 2.45) is 0 Å². The Morgan fingerprint density at radius 1 is 1.79 bits per heavy atom. The van der Waals surface area contributed by atoms with Crippen LogP contribution in [0.3, 0.4) is 0 Å². The summed E-state index contributed by atoms with van der Waals surface area (Å²) in [6.45, 7) is 6.41. The Morgan fingerprint density at radius 2 is 2.43 bits per heavy atom. The average molecular weight is 258 g/mol. The SMILES string of the molecule is C=C(C)CN(C)c1nc[nH]c(=O)c1Br. The fourth-order valence-electron chi connectivity index (χ4n) is 1.12. The van der Waals surface area contributed by atoms with Crippen LogP contribution in [0, 0.1) is 0 Å². The van der Waals surface area contributed by atoms with Crippen molar-refractivity contribution in [1.82, 2.24) is 9.97 Å². The van der Waals surface area contributed by atoms with Crippen molar-refractivity contribution in [2.75, 3.05) is 18.5 Å². The second kappa shape index (κ2) is 4.41. The van der Waals surface area contributed by atoms with Crippen molar-refractivity contribution in [3.63, 3.8) is 0 Å². The summed E-state index contributed by atoms with van der Waals surface area (Å²) in [4.78, 5) is 19.7. The van der Waals surface area contributed by atoms with Gasteiger partial charge in [0.1, 0.15) is 10.3 Å². The first-order valence-electron chi connectivity index (χ1n) is 4.11. The monoisotopic (exact) mass is 257 g/mol. The summed E-state index contributed by atoms with van der Waals surface area (Å²) in [7, 11) is 1.86. The maximum atomic E-state index is 11.2. The highest BCUT2D eigenvalue weighted by atomic mass is 79.9. The Labute approximate surface area is 90.8 Å². The van der Waals surface area contributed by atoms with Gasteiger partial charge < -0.3 is 9.88 Å². The van der Waals surface area contributed by atoms with Gasteiger partial charge in [-0.1, -0.05) is 12.2 Å². The lowest BCUT2D eigenvalue weighted by Gasteiger charge is -2.18. The molecular weight excluding hydrogens is 246 g/mol. The Morgan fingerprint density at radius 3 is 3.00 bits per heavy atom. The zero-order valence-electron chi connectivity index (χ0n) is 8.17. The molecule has 0 aliphatic rings. The van der Waals surface area contributed by atoms with Crippen LogP contribution < -0.4 is 10.5 Å². The van der Waals surface area contributed by atoms with Gasteiger partial charge in [0.15, 0.2) is 0 Å². The van der Waals surface area contributed by atoms with Crippen molar-refractivity contribution in [2.45, 2.75) is 6.92 Å². The Balaban J connectivity index is 3.01. The van der Waals surface area contributed by atoms with Crippen LogP contribution in [-0.4, -0.2) is 23.6 Å². The van der Waals surface area contributed by atoms with Crippen molar-refractivity contribution in [3.05, 3.63) is 33.3 Å². The van der Waals surface area contributed by atoms with E-state index in [0.29, 0.717) is 16.8 Å². The number of aromatic nitrogens is 2. The summed E-state index contributed by atoms with van der Waals surface area (Å²) in [6.07, 6.45) is 1.39. The molecule has 76 valence electrons. The second-order valence-electron chi connectivity index (χ2n) is 3.18. The highest BCUT2D eigenvalue weighted by molar-refractivity contribution is 9.10. The fraction of sp³-hybridized carbons (Fsp3) is 0.333. The number of nitrogens with one attached hydrogen (secondary N) is 1. The van der Waals surface area contributed by atoms with Crippen molar-refractivity contribution in [3.8, 4) is 0 Å². The van der Waals surface area contributed by atoms with Crippen LogP contribution in [0.15, 0.2) is 27.7 Å². The topological polar surface area (TPSA) is 49.0 Å². The molecule has 14 heavy (non-hydrogen) atoms. The molecule has 0 fully saturated rings. The number of H-pyrrole nitrogens is 1. The molecule has 0 aliphatic carbocycles. The molecule has 0 atom stereocenters. The molecule has 0 radical (unpaired) electrons. The van der Waals surface area contributed by atoms with E-state index in [1.165, 1.54) is 6.33 Å². The minimum Gasteiger partial charge on any atom is -0.355 e. The highest BCUT2D eigenvalue weighted by Gasteiger charge is 2.09. The van der Waals surface area contributed by atoms with Gasteiger partial charge in [0.2, 0.25) is 0 Å². The first kappa shape index (κ1) is 11.0. The molecule has 1 rings (SSSR count). The van der Waals surface area contributed by atoms with Gasteiger partial charge in [0.05, 0.1) is 6.33 Å². The van der Waals surface area contributed by atoms with Crippen LogP contribution in [0.1, 0.15) is 6.92 Å². The molecule has 4 nitrogen and oxygen atoms in total. The highest BCUT2D eigenvalue weighted by Crippen LogP contribution is 2.17. The predicted octanol–water partition coefficient (Wildman–Crippen LogP) is 1.54. The van der Waals surface area contributed by atoms with Crippen LogP contribution in [0.25, 0.3) is 0 Å². The minimum absolute atomic E-state index is 0.177. The number of anilines is 1. The fourth-order valence-corrected chi connectivity index (χ4v) is 1.64. The quantitative estimate of drug-likeness (QED) is 0.837. The molecule has 1 aromatic rings. The van der Waals surface area contributed by atoms with E-state index in [1.807, 2.05) is 18.9 Å². The molecule has 0 unspecified atom stereocenters. The van der Waals surface area contributed by atoms with E-state index in [2.05, 4.69) is 32.5 Å². The number of aromatic amines is 1. The summed E-state index contributed by atoms with van der Waals surface area (Å²) >= 11 is 3.19. The maximum absolute atomic E-state index is 11.2. The molecule has 5 heteroatoms. The number of halogens is 1. The summed E-state index contributed by atoms with van der Waals surface area (Å²) in [6, 6.07) is 0. The maximum Gasteiger partial charge on any atom is 0.267 e. The summed E-state index contributed by atoms with van der Waals surface area (Å²) in [5.41, 5.74) is 0.838. The molecule has 0 amide bonds. The smallest absolute Gasteiger partial charge is 0.267 e. The first-order chi connectivity index (χ1) is 6.52. The third-order valence-electron chi connectivity index (χ3n) is 1.65. The molecule has 0 spiro atoms. The van der Waals surface area contributed by atoms with E-state index in [0.717, 1.165) is 5.57 Å². The van der Waals surface area contributed by atoms with Crippen LogP contribution in [-0.2, 0) is 0 Å². The van der Waals surface area contributed by atoms with Crippen LogP contribution >= 0.6 is 15.9 Å². The lowest BCUT2D eigenvalue weighted by molar-refractivity contribution is 0.929. The van der Waals surface area contributed by atoms with E-state index in [1.54, 1.807) is 0 Å². The van der Waals surface area contributed by atoms with Crippen molar-refractivity contribution in [1.29, 1.82) is 0 Å². The Bertz CT molecular complexity index is 399. The molecule has 0 saturated carbocycles. The number of hydrogen-bond donors (Lipinski definition) is 1. The standard InChI is InChI=1S/C9H12BrN3O/c1-6(2)4-13(3)8-7(10)9(14)12-5-11-8/h5H,1,4H2,2-3H3,(H,11,12,14). The predicted molar refractivity (Wildman–Crippen MR) is 60.6 cm³/mol. The first-order valence-corrected chi connectivity index (χ1v) is 4.90. The van der Waals surface area contributed by atoms with Gasteiger partial charge in [-0.05, 0) is 22.9 Å². The molecule has 1 N–H and O–H groups in total.